The summed E-state index contributed by atoms with van der Waals surface area (Å²) in [4.78, 5) is 9.79. The molecule has 3 rings (SSSR count). The number of anilines is 1. The number of morpholine rings is 1. The Hall–Kier alpha value is -1.33. The number of aromatic nitrogens is 2. The van der Waals surface area contributed by atoms with Crippen LogP contribution in [0.15, 0.2) is 18.2 Å². The molecule has 1 fully saturated rings. The van der Waals surface area contributed by atoms with E-state index in [4.69, 9.17) is 16.3 Å². The third-order valence-corrected chi connectivity index (χ3v) is 3.73. The molecule has 0 aliphatic carbocycles. The fourth-order valence-electron chi connectivity index (χ4n) is 2.66. The van der Waals surface area contributed by atoms with Crippen LogP contribution in [0.5, 0.6) is 0 Å². The molecule has 2 aromatic rings. The number of ether oxygens (including phenoxy) is 1. The maximum absolute atomic E-state index is 13.2. The predicted octanol–water partition coefficient (Wildman–Crippen LogP) is 2.92. The monoisotopic (exact) mass is 297 g/mol. The number of hydrogen-bond donors (Lipinski definition) is 1. The van der Waals surface area contributed by atoms with Gasteiger partial charge in [-0.2, -0.15) is 0 Å². The van der Waals surface area contributed by atoms with Crippen molar-refractivity contribution in [2.45, 2.75) is 25.6 Å². The van der Waals surface area contributed by atoms with Crippen molar-refractivity contribution >= 4 is 28.6 Å². The van der Waals surface area contributed by atoms with E-state index in [1.165, 1.54) is 12.1 Å². The zero-order chi connectivity index (χ0) is 14.3. The number of hydrogen-bond acceptors (Lipinski definition) is 3. The fourth-order valence-corrected chi connectivity index (χ4v) is 2.82. The van der Waals surface area contributed by atoms with E-state index in [0.717, 1.165) is 11.5 Å². The smallest absolute Gasteiger partial charge is 0.204 e. The quantitative estimate of drug-likeness (QED) is 0.867. The van der Waals surface area contributed by atoms with Crippen LogP contribution in [0.2, 0.25) is 0 Å². The molecule has 2 heterocycles. The highest BCUT2D eigenvalue weighted by atomic mass is 35.5. The van der Waals surface area contributed by atoms with Gasteiger partial charge < -0.3 is 14.6 Å². The van der Waals surface area contributed by atoms with Gasteiger partial charge in [0.25, 0.3) is 0 Å². The van der Waals surface area contributed by atoms with Gasteiger partial charge in [-0.15, -0.1) is 11.6 Å². The summed E-state index contributed by atoms with van der Waals surface area (Å²) in [5.74, 6) is 0.903. The molecule has 1 aliphatic rings. The summed E-state index contributed by atoms with van der Waals surface area (Å²) in [5, 5.41) is 0. The van der Waals surface area contributed by atoms with Gasteiger partial charge in [-0.05, 0) is 32.0 Å². The summed E-state index contributed by atoms with van der Waals surface area (Å²) < 4.78 is 19.1. The summed E-state index contributed by atoms with van der Waals surface area (Å²) in [6.07, 6.45) is -0.0367. The molecule has 4 nitrogen and oxygen atoms in total. The van der Waals surface area contributed by atoms with Gasteiger partial charge >= 0.3 is 0 Å². The van der Waals surface area contributed by atoms with E-state index in [0.29, 0.717) is 24.5 Å². The number of fused-ring (bicyclic) bond motifs is 1. The zero-order valence-electron chi connectivity index (χ0n) is 11.5. The molecule has 1 unspecified atom stereocenters. The van der Waals surface area contributed by atoms with Crippen LogP contribution < -0.4 is 4.90 Å². The third kappa shape index (κ3) is 2.60. The Morgan fingerprint density at radius 2 is 2.35 bits per heavy atom. The number of aromatic amines is 1. The zero-order valence-corrected chi connectivity index (χ0v) is 12.2. The van der Waals surface area contributed by atoms with Crippen LogP contribution in [-0.2, 0) is 4.74 Å². The summed E-state index contributed by atoms with van der Waals surface area (Å²) in [6.45, 7) is 5.44. The first-order valence-electron chi connectivity index (χ1n) is 6.61. The van der Waals surface area contributed by atoms with E-state index in [2.05, 4.69) is 14.9 Å². The number of halogens is 2. The third-order valence-electron chi connectivity index (χ3n) is 3.38. The fraction of sp³-hybridized carbons (Fsp3) is 0.500. The Kier molecular flexibility index (Phi) is 3.34. The average molecular weight is 298 g/mol. The van der Waals surface area contributed by atoms with Crippen LogP contribution in [0.4, 0.5) is 10.3 Å². The van der Waals surface area contributed by atoms with Gasteiger partial charge in [-0.3, -0.25) is 0 Å². The average Bonchev–Trinajstić information content (AvgIpc) is 2.79. The Labute approximate surface area is 121 Å². The van der Waals surface area contributed by atoms with Gasteiger partial charge in [0.2, 0.25) is 5.95 Å². The molecule has 108 valence electrons. The molecular formula is C14H17ClFN3O. The molecule has 1 aromatic carbocycles. The van der Waals surface area contributed by atoms with Gasteiger partial charge in [0.15, 0.2) is 0 Å². The van der Waals surface area contributed by atoms with Crippen LogP contribution in [0.25, 0.3) is 11.0 Å². The maximum atomic E-state index is 13.2. The molecule has 20 heavy (non-hydrogen) atoms. The van der Waals surface area contributed by atoms with E-state index in [1.54, 1.807) is 6.07 Å². The molecule has 0 saturated carbocycles. The van der Waals surface area contributed by atoms with Crippen molar-refractivity contribution in [1.82, 2.24) is 9.97 Å². The minimum atomic E-state index is -0.290. The minimum absolute atomic E-state index is 0.0367. The van der Waals surface area contributed by atoms with E-state index >= 15 is 0 Å². The first kappa shape index (κ1) is 13.6. The topological polar surface area (TPSA) is 41.2 Å². The molecule has 0 spiro atoms. The van der Waals surface area contributed by atoms with Crippen molar-refractivity contribution in [2.24, 2.45) is 0 Å². The number of benzene rings is 1. The highest BCUT2D eigenvalue weighted by Crippen LogP contribution is 2.26. The van der Waals surface area contributed by atoms with Crippen molar-refractivity contribution in [2.75, 3.05) is 23.9 Å². The van der Waals surface area contributed by atoms with Gasteiger partial charge in [0, 0.05) is 13.1 Å². The Bertz CT molecular complexity index is 628. The largest absolute Gasteiger partial charge is 0.367 e. The van der Waals surface area contributed by atoms with Crippen molar-refractivity contribution in [1.29, 1.82) is 0 Å². The summed E-state index contributed by atoms with van der Waals surface area (Å²) in [5.41, 5.74) is 1.17. The van der Waals surface area contributed by atoms with E-state index in [1.807, 2.05) is 13.8 Å². The molecule has 1 N–H and O–H groups in total. The number of rotatable bonds is 2. The minimum Gasteiger partial charge on any atom is -0.367 e. The highest BCUT2D eigenvalue weighted by Gasteiger charge is 2.34. The lowest BCUT2D eigenvalue weighted by Gasteiger charge is -2.42. The van der Waals surface area contributed by atoms with Gasteiger partial charge in [-0.1, -0.05) is 0 Å². The van der Waals surface area contributed by atoms with E-state index in [9.17, 15) is 4.39 Å². The standard InChI is InChI=1S/C14H17ClFN3O/c1-14(2)8-19(7-10(6-15)20-14)13-17-11-4-3-9(16)5-12(11)18-13/h3-5,10H,6-8H2,1-2H3,(H,17,18). The van der Waals surface area contributed by atoms with Crippen LogP contribution in [0.1, 0.15) is 13.8 Å². The summed E-state index contributed by atoms with van der Waals surface area (Å²) in [7, 11) is 0. The van der Waals surface area contributed by atoms with Crippen LogP contribution in [0.3, 0.4) is 0 Å². The molecular weight excluding hydrogens is 281 g/mol. The lowest BCUT2D eigenvalue weighted by molar-refractivity contribution is -0.0738. The number of alkyl halides is 1. The Morgan fingerprint density at radius 1 is 1.55 bits per heavy atom. The second-order valence-corrected chi connectivity index (χ2v) is 6.06. The SMILES string of the molecule is CC1(C)CN(c2nc3ccc(F)cc3[nH]2)CC(CCl)O1. The molecule has 1 aliphatic heterocycles. The number of imidazole rings is 1. The predicted molar refractivity (Wildman–Crippen MR) is 77.9 cm³/mol. The first-order chi connectivity index (χ1) is 9.47. The number of nitrogens with zero attached hydrogens (tertiary/aromatic N) is 2. The molecule has 6 heteroatoms. The maximum Gasteiger partial charge on any atom is 0.204 e. The summed E-state index contributed by atoms with van der Waals surface area (Å²) in [6, 6.07) is 4.55. The number of H-pyrrole nitrogens is 1. The summed E-state index contributed by atoms with van der Waals surface area (Å²) >= 11 is 5.93. The molecule has 0 bridgehead atoms. The van der Waals surface area contributed by atoms with Crippen molar-refractivity contribution in [3.8, 4) is 0 Å². The van der Waals surface area contributed by atoms with Gasteiger partial charge in [0.05, 0.1) is 28.6 Å². The molecule has 1 aromatic heterocycles. The number of nitrogens with one attached hydrogen (secondary N) is 1. The van der Waals surface area contributed by atoms with Gasteiger partial charge in [0.1, 0.15) is 5.82 Å². The van der Waals surface area contributed by atoms with Crippen molar-refractivity contribution in [3.05, 3.63) is 24.0 Å². The molecule has 1 saturated heterocycles. The van der Waals surface area contributed by atoms with Crippen LogP contribution in [0, 0.1) is 5.82 Å². The molecule has 1 atom stereocenters. The van der Waals surface area contributed by atoms with Crippen LogP contribution >= 0.6 is 11.6 Å². The second kappa shape index (κ2) is 4.90. The molecule has 0 amide bonds. The Balaban J connectivity index is 1.93. The van der Waals surface area contributed by atoms with E-state index < -0.39 is 0 Å². The van der Waals surface area contributed by atoms with Gasteiger partial charge in [-0.25, -0.2) is 9.37 Å². The lowest BCUT2D eigenvalue weighted by atomic mass is 10.1. The second-order valence-electron chi connectivity index (χ2n) is 5.76. The lowest BCUT2D eigenvalue weighted by Crippen LogP contribution is -2.53. The van der Waals surface area contributed by atoms with Crippen molar-refractivity contribution < 1.29 is 9.13 Å². The van der Waals surface area contributed by atoms with E-state index in [-0.39, 0.29) is 17.5 Å². The first-order valence-corrected chi connectivity index (χ1v) is 7.14. The molecule has 0 radical (unpaired) electrons. The normalized spacial score (nSPS) is 22.4. The van der Waals surface area contributed by atoms with Crippen LogP contribution in [-0.4, -0.2) is 40.6 Å². The highest BCUT2D eigenvalue weighted by molar-refractivity contribution is 6.18. The Morgan fingerprint density at radius 3 is 3.10 bits per heavy atom. The van der Waals surface area contributed by atoms with Crippen molar-refractivity contribution in [3.63, 3.8) is 0 Å².